The van der Waals surface area contributed by atoms with Crippen LogP contribution in [0.25, 0.3) is 54.9 Å². The van der Waals surface area contributed by atoms with Crippen LogP contribution in [0.15, 0.2) is 171 Å². The van der Waals surface area contributed by atoms with Gasteiger partial charge in [-0.05, 0) is 66.1 Å². The number of benzene rings is 4. The number of nitrogens with zero attached hydrogens (tertiary/aromatic N) is 4. The summed E-state index contributed by atoms with van der Waals surface area (Å²) in [7, 11) is 4.10. The van der Waals surface area contributed by atoms with Crippen molar-refractivity contribution >= 4 is 21.5 Å². The van der Waals surface area contributed by atoms with Gasteiger partial charge in [0.1, 0.15) is 14.1 Å². The van der Waals surface area contributed by atoms with E-state index in [0.717, 1.165) is 25.9 Å². The number of hydrogen-bond acceptors (Lipinski definition) is 0. The Labute approximate surface area is 294 Å². The average Bonchev–Trinajstić information content (AvgIpc) is 3.17. The van der Waals surface area contributed by atoms with E-state index in [1.807, 2.05) is 0 Å². The summed E-state index contributed by atoms with van der Waals surface area (Å²) < 4.78 is 8.75. The van der Waals surface area contributed by atoms with Gasteiger partial charge in [-0.1, -0.05) is 72.8 Å². The summed E-state index contributed by atoms with van der Waals surface area (Å²) in [5.74, 6) is 0. The monoisotopic (exact) mass is 650 g/mol. The van der Waals surface area contributed by atoms with Crippen molar-refractivity contribution in [3.63, 3.8) is 0 Å². The molecular weight excluding hydrogens is 609 g/mol. The van der Waals surface area contributed by atoms with Gasteiger partial charge in [0.15, 0.2) is 62.7 Å². The molecule has 8 rings (SSSR count). The van der Waals surface area contributed by atoms with Crippen molar-refractivity contribution in [2.75, 3.05) is 0 Å². The van der Waals surface area contributed by atoms with E-state index >= 15 is 0 Å². The van der Waals surface area contributed by atoms with Gasteiger partial charge in [0.25, 0.3) is 0 Å². The molecule has 0 atom stereocenters. The second-order valence-electron chi connectivity index (χ2n) is 13.3. The normalized spacial score (nSPS) is 11.3. The predicted molar refractivity (Wildman–Crippen MR) is 201 cm³/mol. The molecule has 0 saturated heterocycles. The first-order valence-electron chi connectivity index (χ1n) is 17.5. The smallest absolute Gasteiger partial charge is 0.169 e. The molecule has 242 valence electrons. The van der Waals surface area contributed by atoms with Gasteiger partial charge in [-0.2, -0.15) is 0 Å². The van der Waals surface area contributed by atoms with Gasteiger partial charge in [-0.25, -0.2) is 18.3 Å². The number of aromatic nitrogens is 4. The Hall–Kier alpha value is -6.00. The van der Waals surface area contributed by atoms with Crippen molar-refractivity contribution in [3.8, 4) is 33.4 Å². The van der Waals surface area contributed by atoms with E-state index in [-0.39, 0.29) is 0 Å². The highest BCUT2D eigenvalue weighted by Gasteiger charge is 2.19. The van der Waals surface area contributed by atoms with Crippen LogP contribution < -0.4 is 18.3 Å². The van der Waals surface area contributed by atoms with E-state index < -0.39 is 0 Å². The summed E-state index contributed by atoms with van der Waals surface area (Å²) >= 11 is 0. The van der Waals surface area contributed by atoms with Crippen LogP contribution in [0.4, 0.5) is 0 Å². The first kappa shape index (κ1) is 31.3. The molecular formula is C46H42N4+4. The predicted octanol–water partition coefficient (Wildman–Crippen LogP) is 7.70. The third kappa shape index (κ3) is 6.53. The highest BCUT2D eigenvalue weighted by molar-refractivity contribution is 6.07. The molecule has 4 heteroatoms. The molecule has 50 heavy (non-hydrogen) atoms. The first-order chi connectivity index (χ1) is 24.6. The van der Waals surface area contributed by atoms with Crippen LogP contribution >= 0.6 is 0 Å². The van der Waals surface area contributed by atoms with Crippen molar-refractivity contribution in [1.82, 2.24) is 0 Å². The SMILES string of the molecule is C[n+]1ccc(-c2cc[n+](CCc3ccc4ccccc4c3-c3c(CC[n+]4ccc(-c5cc[n+](C)cc5)cc4)ccc4ccccc34)cc2)cc1. The molecule has 4 heterocycles. The Morgan fingerprint density at radius 2 is 0.700 bits per heavy atom. The zero-order chi connectivity index (χ0) is 33.9. The standard InChI is InChI=1S/C46H42N4/c1-47-25-15-35(16-26-47)37-19-29-49(30-20-37)33-23-41-13-11-39-7-3-5-9-43(39)45(41)46-42(14-12-40-8-4-6-10-44(40)46)24-34-50-31-21-38(22-32-50)36-17-27-48(2)28-18-36/h3-22,25-32H,23-24,33-34H2,1-2H3/q+4. The van der Waals surface area contributed by atoms with Gasteiger partial charge in [0, 0.05) is 61.4 Å². The molecule has 8 aromatic rings. The Morgan fingerprint density at radius 1 is 0.360 bits per heavy atom. The summed E-state index contributed by atoms with van der Waals surface area (Å²) in [6.07, 6.45) is 19.1. The van der Waals surface area contributed by atoms with E-state index in [4.69, 9.17) is 0 Å². The Morgan fingerprint density at radius 3 is 1.08 bits per heavy atom. The topological polar surface area (TPSA) is 15.5 Å². The van der Waals surface area contributed by atoms with Gasteiger partial charge < -0.3 is 0 Å². The highest BCUT2D eigenvalue weighted by atomic mass is 14.9. The van der Waals surface area contributed by atoms with Gasteiger partial charge in [-0.15, -0.1) is 0 Å². The van der Waals surface area contributed by atoms with Gasteiger partial charge in [0.2, 0.25) is 0 Å². The van der Waals surface area contributed by atoms with Gasteiger partial charge in [-0.3, -0.25) is 0 Å². The molecule has 0 bridgehead atoms. The Balaban J connectivity index is 1.13. The van der Waals surface area contributed by atoms with E-state index in [9.17, 15) is 0 Å². The Bertz CT molecular complexity index is 2240. The summed E-state index contributed by atoms with van der Waals surface area (Å²) in [5.41, 5.74) is 10.4. The fourth-order valence-corrected chi connectivity index (χ4v) is 7.12. The van der Waals surface area contributed by atoms with Crippen LogP contribution in [0, 0.1) is 0 Å². The molecule has 0 aliphatic carbocycles. The van der Waals surface area contributed by atoms with Crippen LogP contribution in [0.5, 0.6) is 0 Å². The number of hydrogen-bond donors (Lipinski definition) is 0. The molecule has 0 spiro atoms. The fourth-order valence-electron chi connectivity index (χ4n) is 7.12. The van der Waals surface area contributed by atoms with Crippen LogP contribution in [0.1, 0.15) is 11.1 Å². The number of aryl methyl sites for hydroxylation is 6. The minimum Gasteiger partial charge on any atom is -0.208 e. The molecule has 0 N–H and O–H groups in total. The Kier molecular flexibility index (Phi) is 8.67. The maximum atomic E-state index is 2.36. The van der Waals surface area contributed by atoms with Gasteiger partial charge in [0.05, 0.1) is 0 Å². The third-order valence-electron chi connectivity index (χ3n) is 9.97. The van der Waals surface area contributed by atoms with E-state index in [2.05, 4.69) is 203 Å². The lowest BCUT2D eigenvalue weighted by molar-refractivity contribution is -0.696. The number of fused-ring (bicyclic) bond motifs is 2. The molecule has 0 amide bonds. The molecule has 0 radical (unpaired) electrons. The van der Waals surface area contributed by atoms with E-state index in [1.54, 1.807) is 0 Å². The minimum absolute atomic E-state index is 0.900. The molecule has 0 unspecified atom stereocenters. The zero-order valence-corrected chi connectivity index (χ0v) is 28.8. The molecule has 0 saturated carbocycles. The van der Waals surface area contributed by atoms with Crippen molar-refractivity contribution in [1.29, 1.82) is 0 Å². The lowest BCUT2D eigenvalue weighted by Crippen LogP contribution is -2.34. The van der Waals surface area contributed by atoms with Crippen LogP contribution in [-0.2, 0) is 40.0 Å². The van der Waals surface area contributed by atoms with Crippen LogP contribution in [-0.4, -0.2) is 0 Å². The van der Waals surface area contributed by atoms with Gasteiger partial charge >= 0.3 is 0 Å². The van der Waals surface area contributed by atoms with Crippen LogP contribution in [0.3, 0.4) is 0 Å². The maximum absolute atomic E-state index is 2.36. The highest BCUT2D eigenvalue weighted by Crippen LogP contribution is 2.39. The van der Waals surface area contributed by atoms with E-state index in [0.29, 0.717) is 0 Å². The summed E-state index contributed by atoms with van der Waals surface area (Å²) in [6, 6.07) is 44.6. The summed E-state index contributed by atoms with van der Waals surface area (Å²) in [6.45, 7) is 1.80. The zero-order valence-electron chi connectivity index (χ0n) is 28.8. The van der Waals surface area contributed by atoms with Crippen molar-refractivity contribution < 1.29 is 18.3 Å². The lowest BCUT2D eigenvalue weighted by atomic mass is 9.85. The first-order valence-corrected chi connectivity index (χ1v) is 17.5. The molecule has 0 aliphatic heterocycles. The lowest BCUT2D eigenvalue weighted by Gasteiger charge is -2.19. The molecule has 0 fully saturated rings. The molecule has 4 aromatic heterocycles. The van der Waals surface area contributed by atoms with E-state index in [1.165, 1.54) is 66.1 Å². The van der Waals surface area contributed by atoms with Crippen molar-refractivity contribution in [2.45, 2.75) is 25.9 Å². The molecule has 4 aromatic carbocycles. The average molecular weight is 651 g/mol. The van der Waals surface area contributed by atoms with Crippen LogP contribution in [0.2, 0.25) is 0 Å². The second kappa shape index (κ2) is 13.9. The molecule has 4 nitrogen and oxygen atoms in total. The summed E-state index contributed by atoms with van der Waals surface area (Å²) in [5, 5.41) is 5.18. The number of pyridine rings is 4. The number of rotatable bonds is 9. The molecule has 0 aliphatic rings. The second-order valence-corrected chi connectivity index (χ2v) is 13.3. The fraction of sp³-hybridized carbons (Fsp3) is 0.130. The van der Waals surface area contributed by atoms with Crippen molar-refractivity contribution in [2.24, 2.45) is 14.1 Å². The summed E-state index contributed by atoms with van der Waals surface area (Å²) in [4.78, 5) is 0. The quantitative estimate of drug-likeness (QED) is 0.142. The third-order valence-corrected chi connectivity index (χ3v) is 9.97. The van der Waals surface area contributed by atoms with Crippen molar-refractivity contribution in [3.05, 3.63) is 182 Å². The maximum Gasteiger partial charge on any atom is 0.169 e. The largest absolute Gasteiger partial charge is 0.208 e. The minimum atomic E-state index is 0.900.